The Bertz CT molecular complexity index is 293. The Hall–Kier alpha value is -0.810. The molecule has 1 saturated heterocycles. The van der Waals surface area contributed by atoms with Gasteiger partial charge in [-0.2, -0.15) is 0 Å². The summed E-state index contributed by atoms with van der Waals surface area (Å²) < 4.78 is 0. The summed E-state index contributed by atoms with van der Waals surface area (Å²) in [7, 11) is 1.85. The Morgan fingerprint density at radius 1 is 1.14 bits per heavy atom. The summed E-state index contributed by atoms with van der Waals surface area (Å²) >= 11 is 0. The van der Waals surface area contributed by atoms with Gasteiger partial charge in [0.25, 0.3) is 0 Å². The van der Waals surface area contributed by atoms with Crippen molar-refractivity contribution in [3.63, 3.8) is 0 Å². The van der Waals surface area contributed by atoms with Crippen LogP contribution in [0.15, 0.2) is 4.99 Å². The third-order valence-electron chi connectivity index (χ3n) is 4.66. The maximum atomic E-state index is 4.29. The second-order valence-corrected chi connectivity index (χ2v) is 6.33. The van der Waals surface area contributed by atoms with E-state index in [2.05, 4.69) is 46.2 Å². The normalized spacial score (nSPS) is 18.0. The molecule has 0 bridgehead atoms. The quantitative estimate of drug-likeness (QED) is 0.386. The fraction of sp³-hybridized carbons (Fsp3) is 0.941. The Labute approximate surface area is 137 Å². The van der Waals surface area contributed by atoms with E-state index < -0.39 is 0 Å². The number of nitrogens with one attached hydrogen (secondary N) is 2. The Morgan fingerprint density at radius 3 is 2.36 bits per heavy atom. The molecule has 1 fully saturated rings. The van der Waals surface area contributed by atoms with Gasteiger partial charge in [0, 0.05) is 26.7 Å². The molecule has 0 atom stereocenters. The SMILES string of the molecule is CCN(CC)CCNC(=NC)NCCCN1CCC(C)CC1. The number of hydrogen-bond donors (Lipinski definition) is 2. The highest BCUT2D eigenvalue weighted by molar-refractivity contribution is 5.79. The van der Waals surface area contributed by atoms with Crippen molar-refractivity contribution in [3.8, 4) is 0 Å². The molecule has 0 amide bonds. The van der Waals surface area contributed by atoms with E-state index >= 15 is 0 Å². The Kier molecular flexibility index (Phi) is 10.2. The summed E-state index contributed by atoms with van der Waals surface area (Å²) in [5, 5.41) is 6.82. The first-order chi connectivity index (χ1) is 10.7. The molecule has 1 rings (SSSR count). The average molecular weight is 312 g/mol. The minimum Gasteiger partial charge on any atom is -0.356 e. The van der Waals surface area contributed by atoms with Gasteiger partial charge in [-0.05, 0) is 57.9 Å². The van der Waals surface area contributed by atoms with Crippen molar-refractivity contribution < 1.29 is 0 Å². The molecule has 22 heavy (non-hydrogen) atoms. The number of aliphatic imine (C=N–C) groups is 1. The molecular formula is C17H37N5. The van der Waals surface area contributed by atoms with E-state index in [9.17, 15) is 0 Å². The van der Waals surface area contributed by atoms with Gasteiger partial charge >= 0.3 is 0 Å². The molecule has 1 aliphatic heterocycles. The number of piperidine rings is 1. The molecule has 2 N–H and O–H groups in total. The first-order valence-corrected chi connectivity index (χ1v) is 9.08. The second-order valence-electron chi connectivity index (χ2n) is 6.33. The van der Waals surface area contributed by atoms with E-state index in [4.69, 9.17) is 0 Å². The maximum absolute atomic E-state index is 4.29. The van der Waals surface area contributed by atoms with Crippen LogP contribution in [-0.4, -0.2) is 75.2 Å². The maximum Gasteiger partial charge on any atom is 0.191 e. The predicted octanol–water partition coefficient (Wildman–Crippen LogP) is 1.62. The lowest BCUT2D eigenvalue weighted by atomic mass is 9.99. The van der Waals surface area contributed by atoms with Gasteiger partial charge in [-0.15, -0.1) is 0 Å². The first kappa shape index (κ1) is 19.2. The Morgan fingerprint density at radius 2 is 1.77 bits per heavy atom. The van der Waals surface area contributed by atoms with Crippen LogP contribution in [0.2, 0.25) is 0 Å². The molecule has 1 heterocycles. The molecule has 5 heteroatoms. The number of likely N-dealkylation sites (tertiary alicyclic amines) is 1. The zero-order chi connectivity index (χ0) is 16.2. The number of rotatable bonds is 9. The van der Waals surface area contributed by atoms with E-state index in [0.717, 1.165) is 44.6 Å². The van der Waals surface area contributed by atoms with Gasteiger partial charge < -0.3 is 20.4 Å². The van der Waals surface area contributed by atoms with E-state index in [1.165, 1.54) is 38.9 Å². The lowest BCUT2D eigenvalue weighted by molar-refractivity contribution is 0.191. The molecule has 0 spiro atoms. The van der Waals surface area contributed by atoms with Crippen molar-refractivity contribution in [3.05, 3.63) is 0 Å². The second kappa shape index (κ2) is 11.7. The fourth-order valence-corrected chi connectivity index (χ4v) is 2.89. The van der Waals surface area contributed by atoms with Crippen LogP contribution in [0.25, 0.3) is 0 Å². The molecule has 5 nitrogen and oxygen atoms in total. The van der Waals surface area contributed by atoms with Gasteiger partial charge in [-0.1, -0.05) is 20.8 Å². The number of likely N-dealkylation sites (N-methyl/N-ethyl adjacent to an activating group) is 1. The molecular weight excluding hydrogens is 274 g/mol. The van der Waals surface area contributed by atoms with Gasteiger partial charge in [0.1, 0.15) is 0 Å². The first-order valence-electron chi connectivity index (χ1n) is 9.08. The summed E-state index contributed by atoms with van der Waals surface area (Å²) in [5.74, 6) is 1.85. The third-order valence-corrected chi connectivity index (χ3v) is 4.66. The van der Waals surface area contributed by atoms with Crippen LogP contribution in [-0.2, 0) is 0 Å². The molecule has 0 aromatic carbocycles. The monoisotopic (exact) mass is 311 g/mol. The average Bonchev–Trinajstić information content (AvgIpc) is 2.55. The van der Waals surface area contributed by atoms with Crippen molar-refractivity contribution in [1.82, 2.24) is 20.4 Å². The summed E-state index contributed by atoms with van der Waals surface area (Å²) in [6.07, 6.45) is 3.91. The van der Waals surface area contributed by atoms with Crippen LogP contribution in [0.1, 0.15) is 40.0 Å². The number of nitrogens with zero attached hydrogens (tertiary/aromatic N) is 3. The molecule has 1 aliphatic rings. The van der Waals surface area contributed by atoms with Crippen LogP contribution < -0.4 is 10.6 Å². The minimum absolute atomic E-state index is 0.920. The highest BCUT2D eigenvalue weighted by Crippen LogP contribution is 2.15. The van der Waals surface area contributed by atoms with Gasteiger partial charge in [-0.3, -0.25) is 4.99 Å². The summed E-state index contributed by atoms with van der Waals surface area (Å²) in [6.45, 7) is 15.8. The topological polar surface area (TPSA) is 42.9 Å². The van der Waals surface area contributed by atoms with Crippen LogP contribution in [0, 0.1) is 5.92 Å². The highest BCUT2D eigenvalue weighted by atomic mass is 15.2. The summed E-state index contributed by atoms with van der Waals surface area (Å²) in [5.41, 5.74) is 0. The minimum atomic E-state index is 0.920. The number of guanidine groups is 1. The molecule has 0 aromatic heterocycles. The molecule has 0 radical (unpaired) electrons. The lowest BCUT2D eigenvalue weighted by Crippen LogP contribution is -2.42. The highest BCUT2D eigenvalue weighted by Gasteiger charge is 2.14. The van der Waals surface area contributed by atoms with Gasteiger partial charge in [0.05, 0.1) is 0 Å². The molecule has 0 saturated carbocycles. The smallest absolute Gasteiger partial charge is 0.191 e. The molecule has 0 aromatic rings. The van der Waals surface area contributed by atoms with E-state index in [0.29, 0.717) is 0 Å². The van der Waals surface area contributed by atoms with Crippen molar-refractivity contribution >= 4 is 5.96 Å². The summed E-state index contributed by atoms with van der Waals surface area (Å²) in [6, 6.07) is 0. The molecule has 0 unspecified atom stereocenters. The zero-order valence-corrected chi connectivity index (χ0v) is 15.2. The van der Waals surface area contributed by atoms with Crippen molar-refractivity contribution in [2.24, 2.45) is 10.9 Å². The van der Waals surface area contributed by atoms with E-state index in [1.54, 1.807) is 0 Å². The van der Waals surface area contributed by atoms with Crippen LogP contribution in [0.5, 0.6) is 0 Å². The third kappa shape index (κ3) is 7.99. The van der Waals surface area contributed by atoms with Gasteiger partial charge in [0.15, 0.2) is 5.96 Å². The van der Waals surface area contributed by atoms with E-state index in [1.807, 2.05) is 7.05 Å². The Balaban J connectivity index is 2.06. The van der Waals surface area contributed by atoms with Crippen molar-refractivity contribution in [2.45, 2.75) is 40.0 Å². The lowest BCUT2D eigenvalue weighted by Gasteiger charge is -2.30. The predicted molar refractivity (Wildman–Crippen MR) is 96.6 cm³/mol. The standard InChI is InChI=1S/C17H37N5/c1-5-21(6-2)15-11-20-17(18-4)19-10-7-12-22-13-8-16(3)9-14-22/h16H,5-15H2,1-4H3,(H2,18,19,20). The molecule has 130 valence electrons. The number of hydrogen-bond acceptors (Lipinski definition) is 3. The molecule has 0 aliphatic carbocycles. The van der Waals surface area contributed by atoms with Crippen molar-refractivity contribution in [2.75, 3.05) is 59.4 Å². The zero-order valence-electron chi connectivity index (χ0n) is 15.2. The fourth-order valence-electron chi connectivity index (χ4n) is 2.89. The van der Waals surface area contributed by atoms with Crippen molar-refractivity contribution in [1.29, 1.82) is 0 Å². The van der Waals surface area contributed by atoms with E-state index in [-0.39, 0.29) is 0 Å². The van der Waals surface area contributed by atoms with Crippen LogP contribution in [0.3, 0.4) is 0 Å². The van der Waals surface area contributed by atoms with Crippen LogP contribution >= 0.6 is 0 Å². The van der Waals surface area contributed by atoms with Gasteiger partial charge in [-0.25, -0.2) is 0 Å². The van der Waals surface area contributed by atoms with Gasteiger partial charge in [0.2, 0.25) is 0 Å². The largest absolute Gasteiger partial charge is 0.356 e. The summed E-state index contributed by atoms with van der Waals surface area (Å²) in [4.78, 5) is 9.30. The van der Waals surface area contributed by atoms with Crippen LogP contribution in [0.4, 0.5) is 0 Å².